The van der Waals surface area contributed by atoms with Crippen molar-refractivity contribution >= 4 is 16.1 Å². The second-order valence-corrected chi connectivity index (χ2v) is 9.59. The number of hydrogen-bond donors (Lipinski definition) is 1. The first-order chi connectivity index (χ1) is 13.0. The van der Waals surface area contributed by atoms with Crippen molar-refractivity contribution in [2.45, 2.75) is 52.0 Å². The number of rotatable bonds is 5. The number of amides is 1. The summed E-state index contributed by atoms with van der Waals surface area (Å²) in [5, 5.41) is 3.00. The number of carbonyl (C=O) groups excluding carboxylic acids is 1. The predicted molar refractivity (Wildman–Crippen MR) is 106 cm³/mol. The molecule has 0 spiro atoms. The average Bonchev–Trinajstić information content (AvgIpc) is 2.97. The van der Waals surface area contributed by atoms with Crippen LogP contribution in [-0.2, 0) is 21.5 Å². The van der Waals surface area contributed by atoms with Gasteiger partial charge >= 0.3 is 0 Å². The molecular formula is C20H31N3O3S. The summed E-state index contributed by atoms with van der Waals surface area (Å²) < 4.78 is 29.2. The van der Waals surface area contributed by atoms with Crippen LogP contribution in [0.2, 0.25) is 0 Å². The molecule has 6 nitrogen and oxygen atoms in total. The highest BCUT2D eigenvalue weighted by Crippen LogP contribution is 2.23. The Bertz CT molecular complexity index is 743. The predicted octanol–water partition coefficient (Wildman–Crippen LogP) is 2.44. The van der Waals surface area contributed by atoms with Gasteiger partial charge in [-0.1, -0.05) is 37.1 Å². The topological polar surface area (TPSA) is 69.7 Å². The van der Waals surface area contributed by atoms with E-state index in [1.54, 1.807) is 4.31 Å². The first-order valence-corrected chi connectivity index (χ1v) is 11.5. The third-order valence-corrected chi connectivity index (χ3v) is 7.69. The fraction of sp³-hybridized carbons (Fsp3) is 0.650. The number of benzene rings is 1. The molecule has 7 heteroatoms. The highest BCUT2D eigenvalue weighted by atomic mass is 32.2. The molecule has 2 aliphatic rings. The zero-order valence-electron chi connectivity index (χ0n) is 16.2. The number of aryl methyl sites for hydroxylation is 1. The lowest BCUT2D eigenvalue weighted by Gasteiger charge is -2.34. The lowest BCUT2D eigenvalue weighted by Crippen LogP contribution is -2.50. The number of nitrogens with zero attached hydrogens (tertiary/aromatic N) is 2. The lowest BCUT2D eigenvalue weighted by atomic mass is 9.98. The maximum atomic E-state index is 13.0. The van der Waals surface area contributed by atoms with Crippen LogP contribution in [0, 0.1) is 12.8 Å². The largest absolute Gasteiger partial charge is 0.352 e. The highest BCUT2D eigenvalue weighted by molar-refractivity contribution is 7.86. The van der Waals surface area contributed by atoms with E-state index in [1.807, 2.05) is 31.2 Å². The van der Waals surface area contributed by atoms with Crippen LogP contribution in [0.1, 0.15) is 49.7 Å². The fourth-order valence-electron chi connectivity index (χ4n) is 3.94. The summed E-state index contributed by atoms with van der Waals surface area (Å²) in [6, 6.07) is 7.97. The Morgan fingerprint density at radius 3 is 2.41 bits per heavy atom. The Kier molecular flexibility index (Phi) is 6.89. The molecule has 2 heterocycles. The molecular weight excluding hydrogens is 362 g/mol. The summed E-state index contributed by atoms with van der Waals surface area (Å²) in [4.78, 5) is 12.6. The summed E-state index contributed by atoms with van der Waals surface area (Å²) in [6.07, 6.45) is 5.51. The van der Waals surface area contributed by atoms with Crippen LogP contribution in [-0.4, -0.2) is 49.1 Å². The number of carbonyl (C=O) groups is 1. The third kappa shape index (κ3) is 5.09. The minimum Gasteiger partial charge on any atom is -0.352 e. The number of hydrogen-bond acceptors (Lipinski definition) is 3. The first-order valence-electron chi connectivity index (χ1n) is 10.1. The first kappa shape index (κ1) is 20.3. The second kappa shape index (κ2) is 9.17. The van der Waals surface area contributed by atoms with E-state index < -0.39 is 10.2 Å². The standard InChI is InChI=1S/C20H31N3O3S/c1-17-9-4-5-10-18(17)15-21-20(24)19-11-8-14-23(16-19)27(25,26)22-12-6-2-3-7-13-22/h4-5,9-10,19H,2-3,6-8,11-16H2,1H3,(H,21,24)/t19-/m0/s1. The van der Waals surface area contributed by atoms with Gasteiger partial charge in [-0.05, 0) is 43.7 Å². The van der Waals surface area contributed by atoms with Gasteiger partial charge < -0.3 is 5.32 Å². The second-order valence-electron chi connectivity index (χ2n) is 7.66. The maximum absolute atomic E-state index is 13.0. The van der Waals surface area contributed by atoms with Crippen molar-refractivity contribution in [3.8, 4) is 0 Å². The zero-order valence-corrected chi connectivity index (χ0v) is 17.0. The van der Waals surface area contributed by atoms with Crippen LogP contribution in [0.15, 0.2) is 24.3 Å². The molecule has 0 bridgehead atoms. The van der Waals surface area contributed by atoms with Gasteiger partial charge in [0.25, 0.3) is 10.2 Å². The van der Waals surface area contributed by atoms with Gasteiger partial charge in [-0.3, -0.25) is 4.79 Å². The van der Waals surface area contributed by atoms with E-state index in [0.717, 1.165) is 49.7 Å². The number of piperidine rings is 1. The van der Waals surface area contributed by atoms with Crippen molar-refractivity contribution in [1.29, 1.82) is 0 Å². The van der Waals surface area contributed by atoms with Gasteiger partial charge in [-0.15, -0.1) is 0 Å². The Labute approximate surface area is 163 Å². The van der Waals surface area contributed by atoms with Crippen molar-refractivity contribution < 1.29 is 13.2 Å². The lowest BCUT2D eigenvalue weighted by molar-refractivity contribution is -0.126. The van der Waals surface area contributed by atoms with Crippen LogP contribution >= 0.6 is 0 Å². The molecule has 2 aliphatic heterocycles. The van der Waals surface area contributed by atoms with Gasteiger partial charge in [0.15, 0.2) is 0 Å². The Morgan fingerprint density at radius 2 is 1.70 bits per heavy atom. The molecule has 27 heavy (non-hydrogen) atoms. The minimum atomic E-state index is -3.46. The molecule has 2 fully saturated rings. The van der Waals surface area contributed by atoms with Gasteiger partial charge in [-0.2, -0.15) is 17.0 Å². The van der Waals surface area contributed by atoms with Gasteiger partial charge in [-0.25, -0.2) is 0 Å². The zero-order chi connectivity index (χ0) is 19.3. The van der Waals surface area contributed by atoms with E-state index in [0.29, 0.717) is 32.7 Å². The van der Waals surface area contributed by atoms with Crippen LogP contribution in [0.3, 0.4) is 0 Å². The summed E-state index contributed by atoms with van der Waals surface area (Å²) in [7, 11) is -3.46. The molecule has 1 aromatic carbocycles. The van der Waals surface area contributed by atoms with Gasteiger partial charge in [0.2, 0.25) is 5.91 Å². The van der Waals surface area contributed by atoms with Gasteiger partial charge in [0.05, 0.1) is 5.92 Å². The van der Waals surface area contributed by atoms with Crippen molar-refractivity contribution in [2.24, 2.45) is 5.92 Å². The SMILES string of the molecule is Cc1ccccc1CNC(=O)[C@H]1CCCN(S(=O)(=O)N2CCCCCC2)C1. The van der Waals surface area contributed by atoms with Gasteiger partial charge in [0, 0.05) is 32.7 Å². The maximum Gasteiger partial charge on any atom is 0.281 e. The molecule has 0 unspecified atom stereocenters. The molecule has 0 saturated carbocycles. The molecule has 0 aliphatic carbocycles. The van der Waals surface area contributed by atoms with Crippen LogP contribution in [0.25, 0.3) is 0 Å². The highest BCUT2D eigenvalue weighted by Gasteiger charge is 2.35. The molecule has 0 aromatic heterocycles. The quantitative estimate of drug-likeness (QED) is 0.835. The molecule has 1 amide bonds. The van der Waals surface area contributed by atoms with Gasteiger partial charge in [0.1, 0.15) is 0 Å². The minimum absolute atomic E-state index is 0.0472. The molecule has 1 N–H and O–H groups in total. The van der Waals surface area contributed by atoms with Crippen molar-refractivity contribution in [2.75, 3.05) is 26.2 Å². The van der Waals surface area contributed by atoms with E-state index in [9.17, 15) is 13.2 Å². The van der Waals surface area contributed by atoms with Crippen LogP contribution in [0.4, 0.5) is 0 Å². The Hall–Kier alpha value is -1.44. The van der Waals surface area contributed by atoms with E-state index in [-0.39, 0.29) is 11.8 Å². The number of nitrogens with one attached hydrogen (secondary N) is 1. The Morgan fingerprint density at radius 1 is 1.04 bits per heavy atom. The molecule has 0 radical (unpaired) electrons. The summed E-state index contributed by atoms with van der Waals surface area (Å²) >= 11 is 0. The van der Waals surface area contributed by atoms with Crippen molar-refractivity contribution in [3.63, 3.8) is 0 Å². The molecule has 2 saturated heterocycles. The van der Waals surface area contributed by atoms with E-state index >= 15 is 0 Å². The van der Waals surface area contributed by atoms with Crippen molar-refractivity contribution in [3.05, 3.63) is 35.4 Å². The van der Waals surface area contributed by atoms with Crippen LogP contribution < -0.4 is 5.32 Å². The molecule has 1 atom stereocenters. The third-order valence-electron chi connectivity index (χ3n) is 5.69. The normalized spacial score (nSPS) is 22.9. The molecule has 150 valence electrons. The average molecular weight is 394 g/mol. The molecule has 1 aromatic rings. The van der Waals surface area contributed by atoms with Crippen LogP contribution in [0.5, 0.6) is 0 Å². The van der Waals surface area contributed by atoms with E-state index in [4.69, 9.17) is 0 Å². The Balaban J connectivity index is 1.59. The fourth-order valence-corrected chi connectivity index (χ4v) is 5.71. The summed E-state index contributed by atoms with van der Waals surface area (Å²) in [5.74, 6) is -0.321. The van der Waals surface area contributed by atoms with E-state index in [1.165, 1.54) is 4.31 Å². The summed E-state index contributed by atoms with van der Waals surface area (Å²) in [6.45, 7) is 4.52. The van der Waals surface area contributed by atoms with Crippen molar-refractivity contribution in [1.82, 2.24) is 13.9 Å². The summed E-state index contributed by atoms with van der Waals surface area (Å²) in [5.41, 5.74) is 2.24. The smallest absolute Gasteiger partial charge is 0.281 e. The monoisotopic (exact) mass is 393 g/mol. The molecule has 3 rings (SSSR count). The van der Waals surface area contributed by atoms with E-state index in [2.05, 4.69) is 5.32 Å².